The maximum atomic E-state index is 5.71. The van der Waals surface area contributed by atoms with Gasteiger partial charge in [0.25, 0.3) is 0 Å². The normalized spacial score (nSPS) is 25.0. The summed E-state index contributed by atoms with van der Waals surface area (Å²) in [6.07, 6.45) is 4.11. The average Bonchev–Trinajstić information content (AvgIpc) is 2.28. The van der Waals surface area contributed by atoms with E-state index in [1.165, 1.54) is 0 Å². The monoisotopic (exact) mass is 236 g/mol. The number of aromatic nitrogens is 2. The summed E-state index contributed by atoms with van der Waals surface area (Å²) >= 11 is 0. The highest BCUT2D eigenvalue weighted by Gasteiger charge is 2.23. The minimum absolute atomic E-state index is 0.244. The molecule has 5 nitrogen and oxygen atoms in total. The summed E-state index contributed by atoms with van der Waals surface area (Å²) in [6, 6.07) is 0. The number of rotatable bonds is 3. The molecule has 0 aliphatic carbocycles. The highest BCUT2D eigenvalue weighted by atomic mass is 16.5. The number of anilines is 1. The first-order valence-electron chi connectivity index (χ1n) is 6.05. The second kappa shape index (κ2) is 5.42. The number of morpholine rings is 1. The van der Waals surface area contributed by atoms with Crippen molar-refractivity contribution in [2.45, 2.75) is 32.6 Å². The molecule has 2 atom stereocenters. The Morgan fingerprint density at radius 2 is 2.06 bits per heavy atom. The van der Waals surface area contributed by atoms with Crippen molar-refractivity contribution in [2.75, 3.05) is 25.0 Å². The summed E-state index contributed by atoms with van der Waals surface area (Å²) < 4.78 is 5.71. The van der Waals surface area contributed by atoms with Crippen LogP contribution in [-0.4, -0.2) is 42.3 Å². The Hall–Kier alpha value is -1.20. The van der Waals surface area contributed by atoms with Crippen molar-refractivity contribution >= 4 is 5.82 Å². The van der Waals surface area contributed by atoms with E-state index in [9.17, 15) is 0 Å². The lowest BCUT2D eigenvalue weighted by Gasteiger charge is -2.35. The standard InChI is InChI=1S/C12H20N4O/c1-9-7-16(8-10(2)17-9)12-6-14-5-11(15-12)4-13-3/h5-6,9-10,13H,4,7-8H2,1-3H3/t9-,10+. The molecule has 0 amide bonds. The molecule has 94 valence electrons. The topological polar surface area (TPSA) is 50.3 Å². The quantitative estimate of drug-likeness (QED) is 0.841. The lowest BCUT2D eigenvalue weighted by Crippen LogP contribution is -2.46. The van der Waals surface area contributed by atoms with Crippen molar-refractivity contribution in [3.63, 3.8) is 0 Å². The fourth-order valence-corrected chi connectivity index (χ4v) is 2.18. The number of nitrogens with one attached hydrogen (secondary N) is 1. The molecular weight excluding hydrogens is 216 g/mol. The first kappa shape index (κ1) is 12.3. The third-order valence-corrected chi connectivity index (χ3v) is 2.77. The largest absolute Gasteiger partial charge is 0.372 e. The minimum atomic E-state index is 0.244. The van der Waals surface area contributed by atoms with Gasteiger partial charge in [0.1, 0.15) is 5.82 Å². The first-order valence-corrected chi connectivity index (χ1v) is 6.05. The summed E-state index contributed by atoms with van der Waals surface area (Å²) in [4.78, 5) is 11.1. The molecule has 17 heavy (non-hydrogen) atoms. The highest BCUT2D eigenvalue weighted by molar-refractivity contribution is 5.37. The Morgan fingerprint density at radius 3 is 2.71 bits per heavy atom. The van der Waals surface area contributed by atoms with Gasteiger partial charge in [-0.1, -0.05) is 0 Å². The zero-order valence-corrected chi connectivity index (χ0v) is 10.7. The van der Waals surface area contributed by atoms with Crippen LogP contribution in [0.1, 0.15) is 19.5 Å². The molecule has 1 aliphatic heterocycles. The maximum absolute atomic E-state index is 5.71. The lowest BCUT2D eigenvalue weighted by molar-refractivity contribution is -0.00548. The fourth-order valence-electron chi connectivity index (χ4n) is 2.18. The molecule has 1 aliphatic rings. The van der Waals surface area contributed by atoms with Crippen molar-refractivity contribution in [2.24, 2.45) is 0 Å². The van der Waals surface area contributed by atoms with Crippen molar-refractivity contribution in [3.8, 4) is 0 Å². The summed E-state index contributed by atoms with van der Waals surface area (Å²) in [5.41, 5.74) is 0.969. The van der Waals surface area contributed by atoms with E-state index in [0.717, 1.165) is 31.1 Å². The van der Waals surface area contributed by atoms with Crippen LogP contribution in [-0.2, 0) is 11.3 Å². The Kier molecular flexibility index (Phi) is 3.91. The number of hydrogen-bond donors (Lipinski definition) is 1. The van der Waals surface area contributed by atoms with Crippen LogP contribution in [0.15, 0.2) is 12.4 Å². The second-order valence-corrected chi connectivity index (χ2v) is 4.56. The van der Waals surface area contributed by atoms with Gasteiger partial charge in [0.2, 0.25) is 0 Å². The van der Waals surface area contributed by atoms with E-state index in [-0.39, 0.29) is 12.2 Å². The smallest absolute Gasteiger partial charge is 0.147 e. The average molecular weight is 236 g/mol. The molecule has 1 aromatic heterocycles. The van der Waals surface area contributed by atoms with Gasteiger partial charge < -0.3 is 15.0 Å². The first-order chi connectivity index (χ1) is 8.19. The van der Waals surface area contributed by atoms with Crippen molar-refractivity contribution < 1.29 is 4.74 Å². The van der Waals surface area contributed by atoms with E-state index in [4.69, 9.17) is 4.74 Å². The minimum Gasteiger partial charge on any atom is -0.372 e. The van der Waals surface area contributed by atoms with Crippen molar-refractivity contribution in [1.82, 2.24) is 15.3 Å². The van der Waals surface area contributed by atoms with Crippen LogP contribution in [0.4, 0.5) is 5.82 Å². The molecular formula is C12H20N4O. The summed E-state index contributed by atoms with van der Waals surface area (Å²) in [5, 5.41) is 3.09. The summed E-state index contributed by atoms with van der Waals surface area (Å²) in [7, 11) is 1.91. The van der Waals surface area contributed by atoms with Crippen LogP contribution < -0.4 is 10.2 Å². The molecule has 1 saturated heterocycles. The van der Waals surface area contributed by atoms with Crippen LogP contribution >= 0.6 is 0 Å². The van der Waals surface area contributed by atoms with Crippen LogP contribution in [0.5, 0.6) is 0 Å². The second-order valence-electron chi connectivity index (χ2n) is 4.56. The molecule has 0 bridgehead atoms. The number of nitrogens with zero attached hydrogens (tertiary/aromatic N) is 3. The van der Waals surface area contributed by atoms with Gasteiger partial charge in [0.15, 0.2) is 0 Å². The molecule has 0 spiro atoms. The third-order valence-electron chi connectivity index (χ3n) is 2.77. The predicted octanol–water partition coefficient (Wildman–Crippen LogP) is 0.810. The van der Waals surface area contributed by atoms with E-state index >= 15 is 0 Å². The summed E-state index contributed by atoms with van der Waals surface area (Å²) in [5.74, 6) is 0.944. The Labute approximate surface area is 102 Å². The Morgan fingerprint density at radius 1 is 1.35 bits per heavy atom. The molecule has 2 heterocycles. The van der Waals surface area contributed by atoms with Crippen LogP contribution in [0.2, 0.25) is 0 Å². The number of hydrogen-bond acceptors (Lipinski definition) is 5. The van der Waals surface area contributed by atoms with Gasteiger partial charge in [-0.3, -0.25) is 4.98 Å². The van der Waals surface area contributed by atoms with E-state index in [0.29, 0.717) is 0 Å². The van der Waals surface area contributed by atoms with Gasteiger partial charge in [-0.15, -0.1) is 0 Å². The Balaban J connectivity index is 2.12. The fraction of sp³-hybridized carbons (Fsp3) is 0.667. The van der Waals surface area contributed by atoms with Crippen LogP contribution in [0, 0.1) is 0 Å². The van der Waals surface area contributed by atoms with Crippen molar-refractivity contribution in [3.05, 3.63) is 18.1 Å². The maximum Gasteiger partial charge on any atom is 0.147 e. The number of ether oxygens (including phenoxy) is 1. The van der Waals surface area contributed by atoms with E-state index in [1.54, 1.807) is 6.20 Å². The van der Waals surface area contributed by atoms with Gasteiger partial charge in [0.05, 0.1) is 24.1 Å². The molecule has 1 aromatic rings. The SMILES string of the molecule is CNCc1cncc(N2C[C@@H](C)O[C@@H](C)C2)n1. The van der Waals surface area contributed by atoms with E-state index in [1.807, 2.05) is 13.2 Å². The molecule has 0 aromatic carbocycles. The van der Waals surface area contributed by atoms with Gasteiger partial charge in [-0.05, 0) is 20.9 Å². The molecule has 1 N–H and O–H groups in total. The predicted molar refractivity (Wildman–Crippen MR) is 67.0 cm³/mol. The van der Waals surface area contributed by atoms with Crippen LogP contribution in [0.3, 0.4) is 0 Å². The van der Waals surface area contributed by atoms with E-state index < -0.39 is 0 Å². The zero-order chi connectivity index (χ0) is 12.3. The highest BCUT2D eigenvalue weighted by Crippen LogP contribution is 2.17. The van der Waals surface area contributed by atoms with E-state index in [2.05, 4.69) is 34.0 Å². The molecule has 0 unspecified atom stereocenters. The van der Waals surface area contributed by atoms with Gasteiger partial charge in [-0.25, -0.2) is 4.98 Å². The third kappa shape index (κ3) is 3.14. The zero-order valence-electron chi connectivity index (χ0n) is 10.7. The molecule has 0 saturated carbocycles. The van der Waals surface area contributed by atoms with Crippen molar-refractivity contribution in [1.29, 1.82) is 0 Å². The molecule has 1 fully saturated rings. The molecule has 5 heteroatoms. The van der Waals surface area contributed by atoms with Gasteiger partial charge in [0, 0.05) is 25.8 Å². The van der Waals surface area contributed by atoms with Crippen LogP contribution in [0.25, 0.3) is 0 Å². The summed E-state index contributed by atoms with van der Waals surface area (Å²) in [6.45, 7) is 6.68. The molecule has 2 rings (SSSR count). The Bertz CT molecular complexity index is 361. The lowest BCUT2D eigenvalue weighted by atomic mass is 10.2. The van der Waals surface area contributed by atoms with Gasteiger partial charge in [-0.2, -0.15) is 0 Å². The molecule has 0 radical (unpaired) electrons. The van der Waals surface area contributed by atoms with Gasteiger partial charge >= 0.3 is 0 Å².